The summed E-state index contributed by atoms with van der Waals surface area (Å²) < 4.78 is 0.996. The van der Waals surface area contributed by atoms with Gasteiger partial charge in [-0.3, -0.25) is 5.84 Å². The van der Waals surface area contributed by atoms with Crippen molar-refractivity contribution in [1.82, 2.24) is 0 Å². The highest BCUT2D eigenvalue weighted by molar-refractivity contribution is 9.10. The number of aliphatic hydroxyl groups excluding tert-OH is 1. The molecule has 0 radical (unpaired) electrons. The van der Waals surface area contributed by atoms with Crippen molar-refractivity contribution >= 4 is 21.6 Å². The lowest BCUT2D eigenvalue weighted by Gasteiger charge is -2.05. The Balaban J connectivity index is 2.91. The molecule has 1 rings (SSSR count). The predicted molar refractivity (Wildman–Crippen MR) is 52.7 cm³/mol. The third kappa shape index (κ3) is 2.20. The minimum absolute atomic E-state index is 0.145. The summed E-state index contributed by atoms with van der Waals surface area (Å²) in [5.74, 6) is 5.24. The first-order valence-electron chi connectivity index (χ1n) is 3.64. The lowest BCUT2D eigenvalue weighted by molar-refractivity contribution is 0.299. The summed E-state index contributed by atoms with van der Waals surface area (Å²) in [6.45, 7) is 0.145. The number of halogens is 1. The molecule has 1 aromatic carbocycles. The van der Waals surface area contributed by atoms with Gasteiger partial charge in [0.05, 0.1) is 0 Å². The summed E-state index contributed by atoms with van der Waals surface area (Å²) in [6.07, 6.45) is 0.635. The fraction of sp³-hybridized carbons (Fsp3) is 0.250. The molecular formula is C8H11BrN2O. The Morgan fingerprint density at radius 2 is 2.25 bits per heavy atom. The molecule has 0 amide bonds. The Morgan fingerprint density at radius 1 is 1.50 bits per heavy atom. The van der Waals surface area contributed by atoms with E-state index in [4.69, 9.17) is 10.9 Å². The second-order valence-electron chi connectivity index (χ2n) is 2.42. The molecule has 0 unspecified atom stereocenters. The van der Waals surface area contributed by atoms with Gasteiger partial charge in [0.15, 0.2) is 0 Å². The molecule has 0 bridgehead atoms. The highest BCUT2D eigenvalue weighted by Gasteiger charge is 1.99. The van der Waals surface area contributed by atoms with E-state index in [1.54, 1.807) is 0 Å². The number of hydrogen-bond donors (Lipinski definition) is 3. The highest BCUT2D eigenvalue weighted by Crippen LogP contribution is 2.20. The van der Waals surface area contributed by atoms with E-state index in [0.717, 1.165) is 15.7 Å². The van der Waals surface area contributed by atoms with Crippen LogP contribution in [0.1, 0.15) is 5.56 Å². The second kappa shape index (κ2) is 4.45. The van der Waals surface area contributed by atoms with Crippen molar-refractivity contribution in [1.29, 1.82) is 0 Å². The molecule has 0 aliphatic carbocycles. The number of benzene rings is 1. The van der Waals surface area contributed by atoms with Crippen LogP contribution in [-0.2, 0) is 6.42 Å². The van der Waals surface area contributed by atoms with Crippen LogP contribution in [0.25, 0.3) is 0 Å². The number of nitrogens with one attached hydrogen (secondary N) is 1. The van der Waals surface area contributed by atoms with Gasteiger partial charge in [-0.2, -0.15) is 0 Å². The molecule has 0 heterocycles. The Morgan fingerprint density at radius 3 is 2.83 bits per heavy atom. The number of hydrazine groups is 1. The second-order valence-corrected chi connectivity index (χ2v) is 3.28. The smallest absolute Gasteiger partial charge is 0.0488 e. The lowest BCUT2D eigenvalue weighted by Crippen LogP contribution is -2.07. The molecular weight excluding hydrogens is 220 g/mol. The van der Waals surface area contributed by atoms with Crippen molar-refractivity contribution in [3.8, 4) is 0 Å². The van der Waals surface area contributed by atoms with E-state index in [9.17, 15) is 0 Å². The fourth-order valence-corrected chi connectivity index (χ4v) is 1.42. The van der Waals surface area contributed by atoms with Crippen molar-refractivity contribution < 1.29 is 5.11 Å². The third-order valence-electron chi connectivity index (χ3n) is 1.59. The minimum atomic E-state index is 0.145. The summed E-state index contributed by atoms with van der Waals surface area (Å²) in [5.41, 5.74) is 4.45. The van der Waals surface area contributed by atoms with Crippen LogP contribution in [0, 0.1) is 0 Å². The number of aliphatic hydroxyl groups is 1. The molecule has 4 N–H and O–H groups in total. The Labute approximate surface area is 79.7 Å². The van der Waals surface area contributed by atoms with Gasteiger partial charge in [-0.1, -0.05) is 15.9 Å². The normalized spacial score (nSPS) is 9.92. The number of rotatable bonds is 3. The van der Waals surface area contributed by atoms with Gasteiger partial charge in [0.25, 0.3) is 0 Å². The molecule has 0 spiro atoms. The van der Waals surface area contributed by atoms with Gasteiger partial charge in [0.1, 0.15) is 0 Å². The van der Waals surface area contributed by atoms with Crippen molar-refractivity contribution in [2.24, 2.45) is 5.84 Å². The predicted octanol–water partition coefficient (Wildman–Crippen LogP) is 1.27. The van der Waals surface area contributed by atoms with Crippen LogP contribution in [0.4, 0.5) is 5.69 Å². The molecule has 12 heavy (non-hydrogen) atoms. The standard InChI is InChI=1S/C8H11BrN2O/c9-8-2-1-7(11-10)5-6(8)3-4-12/h1-2,5,11-12H,3-4,10H2. The molecule has 0 aliphatic heterocycles. The molecule has 4 heteroatoms. The molecule has 0 atom stereocenters. The van der Waals surface area contributed by atoms with Crippen molar-refractivity contribution in [2.75, 3.05) is 12.0 Å². The van der Waals surface area contributed by atoms with E-state index >= 15 is 0 Å². The monoisotopic (exact) mass is 230 g/mol. The molecule has 0 saturated heterocycles. The molecule has 0 fully saturated rings. The lowest BCUT2D eigenvalue weighted by atomic mass is 10.1. The topological polar surface area (TPSA) is 58.3 Å². The van der Waals surface area contributed by atoms with E-state index in [1.165, 1.54) is 0 Å². The summed E-state index contributed by atoms with van der Waals surface area (Å²) in [5, 5.41) is 8.74. The van der Waals surface area contributed by atoms with Gasteiger partial charge in [0, 0.05) is 16.8 Å². The number of nitrogens with two attached hydrogens (primary N) is 1. The summed E-state index contributed by atoms with van der Waals surface area (Å²) >= 11 is 3.38. The zero-order valence-corrected chi connectivity index (χ0v) is 8.13. The van der Waals surface area contributed by atoms with Crippen LogP contribution in [0.5, 0.6) is 0 Å². The SMILES string of the molecule is NNc1ccc(Br)c(CCO)c1. The zero-order valence-electron chi connectivity index (χ0n) is 6.55. The Hall–Kier alpha value is -0.580. The quantitative estimate of drug-likeness (QED) is 0.542. The third-order valence-corrected chi connectivity index (χ3v) is 2.37. The number of nitrogen functional groups attached to an aromatic ring is 1. The van der Waals surface area contributed by atoms with Crippen LogP contribution < -0.4 is 11.3 Å². The maximum absolute atomic E-state index is 8.74. The Bertz CT molecular complexity index is 265. The maximum atomic E-state index is 8.74. The van der Waals surface area contributed by atoms with Crippen molar-refractivity contribution in [2.45, 2.75) is 6.42 Å². The molecule has 3 nitrogen and oxygen atoms in total. The van der Waals surface area contributed by atoms with Gasteiger partial charge in [-0.25, -0.2) is 0 Å². The van der Waals surface area contributed by atoms with Crippen molar-refractivity contribution in [3.63, 3.8) is 0 Å². The van der Waals surface area contributed by atoms with Crippen molar-refractivity contribution in [3.05, 3.63) is 28.2 Å². The molecule has 66 valence electrons. The summed E-state index contributed by atoms with van der Waals surface area (Å²) in [7, 11) is 0. The van der Waals surface area contributed by atoms with E-state index in [1.807, 2.05) is 18.2 Å². The molecule has 1 aromatic rings. The van der Waals surface area contributed by atoms with E-state index in [-0.39, 0.29) is 6.61 Å². The molecule has 0 aromatic heterocycles. The first kappa shape index (κ1) is 9.51. The van der Waals surface area contributed by atoms with Crippen LogP contribution in [0.15, 0.2) is 22.7 Å². The van der Waals surface area contributed by atoms with Gasteiger partial charge >= 0.3 is 0 Å². The number of anilines is 1. The van der Waals surface area contributed by atoms with Gasteiger partial charge in [0.2, 0.25) is 0 Å². The maximum Gasteiger partial charge on any atom is 0.0488 e. The van der Waals surface area contributed by atoms with Crippen LogP contribution in [0.3, 0.4) is 0 Å². The zero-order chi connectivity index (χ0) is 8.97. The molecule has 0 saturated carbocycles. The van der Waals surface area contributed by atoms with Gasteiger partial charge in [-0.15, -0.1) is 0 Å². The van der Waals surface area contributed by atoms with E-state index in [0.29, 0.717) is 6.42 Å². The summed E-state index contributed by atoms with van der Waals surface area (Å²) in [4.78, 5) is 0. The van der Waals surface area contributed by atoms with E-state index in [2.05, 4.69) is 21.4 Å². The molecule has 0 aliphatic rings. The largest absolute Gasteiger partial charge is 0.396 e. The minimum Gasteiger partial charge on any atom is -0.396 e. The van der Waals surface area contributed by atoms with Crippen LogP contribution in [0.2, 0.25) is 0 Å². The van der Waals surface area contributed by atoms with Gasteiger partial charge in [-0.05, 0) is 30.2 Å². The number of hydrogen-bond acceptors (Lipinski definition) is 3. The van der Waals surface area contributed by atoms with E-state index < -0.39 is 0 Å². The first-order chi connectivity index (χ1) is 5.77. The average Bonchev–Trinajstić information content (AvgIpc) is 2.09. The fourth-order valence-electron chi connectivity index (χ4n) is 0.977. The average molecular weight is 231 g/mol. The summed E-state index contributed by atoms with van der Waals surface area (Å²) in [6, 6.07) is 5.67. The Kier molecular flexibility index (Phi) is 3.52. The van der Waals surface area contributed by atoms with Gasteiger partial charge < -0.3 is 10.5 Å². The van der Waals surface area contributed by atoms with Crippen LogP contribution >= 0.6 is 15.9 Å². The van der Waals surface area contributed by atoms with Crippen LogP contribution in [-0.4, -0.2) is 11.7 Å². The highest BCUT2D eigenvalue weighted by atomic mass is 79.9. The first-order valence-corrected chi connectivity index (χ1v) is 4.43.